The number of nitrogens with zero attached hydrogens (tertiary/aromatic N) is 1. The lowest BCUT2D eigenvalue weighted by atomic mass is 9.81. The van der Waals surface area contributed by atoms with E-state index in [2.05, 4.69) is 6.07 Å². The van der Waals surface area contributed by atoms with Gasteiger partial charge in [0, 0.05) is 5.02 Å². The van der Waals surface area contributed by atoms with Crippen LogP contribution in [-0.2, 0) is 9.84 Å². The fourth-order valence-corrected chi connectivity index (χ4v) is 5.44. The summed E-state index contributed by atoms with van der Waals surface area (Å²) in [6.45, 7) is 1.81. The van der Waals surface area contributed by atoms with Gasteiger partial charge in [-0.1, -0.05) is 29.8 Å². The second-order valence-electron chi connectivity index (χ2n) is 7.55. The zero-order valence-corrected chi connectivity index (χ0v) is 16.7. The number of hydrogen-bond acceptors (Lipinski definition) is 4. The molecule has 0 heterocycles. The number of hydrogen-bond donors (Lipinski definition) is 1. The third-order valence-electron chi connectivity index (χ3n) is 5.26. The Balaban J connectivity index is 1.78. The maximum atomic E-state index is 12.7. The Morgan fingerprint density at radius 1 is 1.19 bits per heavy atom. The molecule has 6 heteroatoms. The Bertz CT molecular complexity index is 965. The molecule has 2 aromatic rings. The fraction of sp³-hybridized carbons (Fsp3) is 0.381. The van der Waals surface area contributed by atoms with Crippen molar-refractivity contribution in [1.82, 2.24) is 0 Å². The molecule has 3 rings (SSSR count). The van der Waals surface area contributed by atoms with E-state index in [0.717, 1.165) is 24.0 Å². The largest absolute Gasteiger partial charge is 0.390 e. The van der Waals surface area contributed by atoms with Gasteiger partial charge in [-0.25, -0.2) is 8.42 Å². The van der Waals surface area contributed by atoms with E-state index in [-0.39, 0.29) is 16.6 Å². The van der Waals surface area contributed by atoms with Crippen molar-refractivity contribution in [3.05, 3.63) is 53.1 Å². The van der Waals surface area contributed by atoms with Gasteiger partial charge < -0.3 is 5.11 Å². The maximum absolute atomic E-state index is 12.7. The monoisotopic (exact) mass is 403 g/mol. The molecule has 0 bridgehead atoms. The van der Waals surface area contributed by atoms with Crippen molar-refractivity contribution in [2.45, 2.75) is 43.1 Å². The number of benzene rings is 2. The first-order valence-corrected chi connectivity index (χ1v) is 11.0. The third kappa shape index (κ3) is 4.70. The lowest BCUT2D eigenvalue weighted by Gasteiger charge is -2.32. The SMILES string of the molecule is C[C@]1(O)CC[C@@H](CS(=O)(=O)c2ccc(-c3ccc(Cl)cc3C#N)cc2)CC1. The zero-order chi connectivity index (χ0) is 19.7. The molecule has 1 aliphatic rings. The molecule has 1 fully saturated rings. The highest BCUT2D eigenvalue weighted by Gasteiger charge is 2.31. The highest BCUT2D eigenvalue weighted by atomic mass is 35.5. The first-order valence-electron chi connectivity index (χ1n) is 8.95. The molecular formula is C21H22ClNO3S. The summed E-state index contributed by atoms with van der Waals surface area (Å²) in [6.07, 6.45) is 2.72. The molecule has 0 amide bonds. The fourth-order valence-electron chi connectivity index (χ4n) is 3.58. The van der Waals surface area contributed by atoms with Crippen molar-refractivity contribution in [3.63, 3.8) is 0 Å². The van der Waals surface area contributed by atoms with Crippen molar-refractivity contribution < 1.29 is 13.5 Å². The van der Waals surface area contributed by atoms with Gasteiger partial charge in [0.05, 0.1) is 27.9 Å². The quantitative estimate of drug-likeness (QED) is 0.809. The van der Waals surface area contributed by atoms with Crippen molar-refractivity contribution in [3.8, 4) is 17.2 Å². The molecule has 2 aromatic carbocycles. The molecule has 27 heavy (non-hydrogen) atoms. The molecule has 0 spiro atoms. The normalized spacial score (nSPS) is 23.0. The number of nitriles is 1. The summed E-state index contributed by atoms with van der Waals surface area (Å²) in [5.74, 6) is 0.184. The van der Waals surface area contributed by atoms with Gasteiger partial charge in [-0.3, -0.25) is 0 Å². The Labute approximate surface area is 165 Å². The van der Waals surface area contributed by atoms with E-state index in [1.165, 1.54) is 0 Å². The van der Waals surface area contributed by atoms with Crippen LogP contribution in [0.2, 0.25) is 5.02 Å². The van der Waals surface area contributed by atoms with E-state index in [0.29, 0.717) is 23.4 Å². The van der Waals surface area contributed by atoms with Crippen LogP contribution in [0.4, 0.5) is 0 Å². The van der Waals surface area contributed by atoms with E-state index in [1.54, 1.807) is 42.5 Å². The summed E-state index contributed by atoms with van der Waals surface area (Å²) in [5.41, 5.74) is 1.28. The summed E-state index contributed by atoms with van der Waals surface area (Å²) in [7, 11) is -3.39. The van der Waals surface area contributed by atoms with Crippen molar-refractivity contribution in [2.75, 3.05) is 5.75 Å². The van der Waals surface area contributed by atoms with Gasteiger partial charge in [0.2, 0.25) is 0 Å². The minimum absolute atomic E-state index is 0.0800. The minimum atomic E-state index is -3.39. The molecule has 0 aromatic heterocycles. The van der Waals surface area contributed by atoms with Crippen LogP contribution >= 0.6 is 11.6 Å². The highest BCUT2D eigenvalue weighted by molar-refractivity contribution is 7.91. The second kappa shape index (κ2) is 7.63. The topological polar surface area (TPSA) is 78.2 Å². The van der Waals surface area contributed by atoms with Gasteiger partial charge in [0.25, 0.3) is 0 Å². The van der Waals surface area contributed by atoms with Crippen LogP contribution in [0.15, 0.2) is 47.4 Å². The summed E-state index contributed by atoms with van der Waals surface area (Å²) in [5, 5.41) is 19.8. The molecular weight excluding hydrogens is 382 g/mol. The second-order valence-corrected chi connectivity index (χ2v) is 10.0. The molecule has 142 valence electrons. The molecule has 1 saturated carbocycles. The molecule has 0 aliphatic heterocycles. The van der Waals surface area contributed by atoms with Crippen LogP contribution in [0.25, 0.3) is 11.1 Å². The lowest BCUT2D eigenvalue weighted by Crippen LogP contribution is -2.32. The van der Waals surface area contributed by atoms with Gasteiger partial charge in [0.1, 0.15) is 0 Å². The Morgan fingerprint density at radius 3 is 2.41 bits per heavy atom. The van der Waals surface area contributed by atoms with Crippen molar-refractivity contribution in [1.29, 1.82) is 5.26 Å². The summed E-state index contributed by atoms with van der Waals surface area (Å²) in [6, 6.07) is 13.8. The summed E-state index contributed by atoms with van der Waals surface area (Å²) >= 11 is 5.93. The predicted octanol–water partition coefficient (Wildman–Crippen LogP) is 4.59. The van der Waals surface area contributed by atoms with E-state index in [4.69, 9.17) is 11.6 Å². The van der Waals surface area contributed by atoms with Gasteiger partial charge in [-0.15, -0.1) is 0 Å². The van der Waals surface area contributed by atoms with E-state index < -0.39 is 15.4 Å². The molecule has 1 aliphatic carbocycles. The van der Waals surface area contributed by atoms with Gasteiger partial charge >= 0.3 is 0 Å². The van der Waals surface area contributed by atoms with Crippen LogP contribution in [-0.4, -0.2) is 24.9 Å². The minimum Gasteiger partial charge on any atom is -0.390 e. The number of rotatable bonds is 4. The van der Waals surface area contributed by atoms with E-state index in [9.17, 15) is 18.8 Å². The average molecular weight is 404 g/mol. The van der Waals surface area contributed by atoms with Crippen LogP contribution in [0.1, 0.15) is 38.2 Å². The van der Waals surface area contributed by atoms with Crippen LogP contribution in [0.5, 0.6) is 0 Å². The zero-order valence-electron chi connectivity index (χ0n) is 15.2. The molecule has 4 nitrogen and oxygen atoms in total. The van der Waals surface area contributed by atoms with E-state index >= 15 is 0 Å². The van der Waals surface area contributed by atoms with Crippen LogP contribution in [0, 0.1) is 17.2 Å². The third-order valence-corrected chi connectivity index (χ3v) is 7.40. The first-order chi connectivity index (χ1) is 12.7. The van der Waals surface area contributed by atoms with E-state index in [1.807, 2.05) is 6.92 Å². The highest BCUT2D eigenvalue weighted by Crippen LogP contribution is 2.34. The van der Waals surface area contributed by atoms with Gasteiger partial charge in [-0.2, -0.15) is 5.26 Å². The first kappa shape index (κ1) is 19.9. The Morgan fingerprint density at radius 2 is 1.81 bits per heavy atom. The summed E-state index contributed by atoms with van der Waals surface area (Å²) < 4.78 is 25.5. The maximum Gasteiger partial charge on any atom is 0.178 e. The predicted molar refractivity (Wildman–Crippen MR) is 106 cm³/mol. The van der Waals surface area contributed by atoms with Gasteiger partial charge in [-0.05, 0) is 73.9 Å². The molecule has 0 saturated heterocycles. The standard InChI is InChI=1S/C21H22ClNO3S/c1-21(24)10-8-15(9-11-21)14-27(25,26)19-5-2-16(3-6-19)20-7-4-18(22)12-17(20)13-23/h2-7,12,15,24H,8-11,14H2,1H3/t15-,21+. The average Bonchev–Trinajstić information content (AvgIpc) is 2.63. The lowest BCUT2D eigenvalue weighted by molar-refractivity contribution is 0.0108. The number of halogens is 1. The Kier molecular flexibility index (Phi) is 5.62. The molecule has 0 atom stereocenters. The number of aliphatic hydroxyl groups is 1. The van der Waals surface area contributed by atoms with Crippen LogP contribution < -0.4 is 0 Å². The van der Waals surface area contributed by atoms with Crippen molar-refractivity contribution >= 4 is 21.4 Å². The van der Waals surface area contributed by atoms with Crippen molar-refractivity contribution in [2.24, 2.45) is 5.92 Å². The Hall–Kier alpha value is -1.87. The number of sulfone groups is 1. The van der Waals surface area contributed by atoms with Gasteiger partial charge in [0.15, 0.2) is 9.84 Å². The molecule has 0 unspecified atom stereocenters. The molecule has 1 N–H and O–H groups in total. The van der Waals surface area contributed by atoms with Crippen LogP contribution in [0.3, 0.4) is 0 Å². The molecule has 0 radical (unpaired) electrons. The summed E-state index contributed by atoms with van der Waals surface area (Å²) in [4.78, 5) is 0.288. The smallest absolute Gasteiger partial charge is 0.178 e.